The second-order valence-corrected chi connectivity index (χ2v) is 5.44. The van der Waals surface area contributed by atoms with E-state index in [1.807, 2.05) is 0 Å². The largest absolute Gasteiger partial charge is 0.507 e. The first kappa shape index (κ1) is 16.0. The van der Waals surface area contributed by atoms with E-state index in [4.69, 9.17) is 9.47 Å². The summed E-state index contributed by atoms with van der Waals surface area (Å²) in [7, 11) is 0. The molecule has 5 atom stereocenters. The van der Waals surface area contributed by atoms with Crippen LogP contribution in [0.4, 0.5) is 0 Å². The summed E-state index contributed by atoms with van der Waals surface area (Å²) in [5.41, 5.74) is 0. The zero-order valence-electron chi connectivity index (χ0n) is 12.1. The van der Waals surface area contributed by atoms with Crippen LogP contribution >= 0.6 is 0 Å². The van der Waals surface area contributed by atoms with Crippen LogP contribution in [0, 0.1) is 0 Å². The number of aliphatic hydroxyl groups excluding tert-OH is 4. The Morgan fingerprint density at radius 3 is 2.30 bits per heavy atom. The number of hydrogen-bond donors (Lipinski definition) is 5. The van der Waals surface area contributed by atoms with Crippen LogP contribution in [-0.2, 0) is 4.74 Å². The molecule has 7 nitrogen and oxygen atoms in total. The zero-order valence-corrected chi connectivity index (χ0v) is 12.1. The summed E-state index contributed by atoms with van der Waals surface area (Å²) in [6.07, 6.45) is -6.73. The fourth-order valence-corrected chi connectivity index (χ4v) is 2.65. The van der Waals surface area contributed by atoms with E-state index in [1.54, 1.807) is 24.3 Å². The Morgan fingerprint density at radius 1 is 0.913 bits per heavy atom. The van der Waals surface area contributed by atoms with Crippen molar-refractivity contribution in [2.24, 2.45) is 0 Å². The van der Waals surface area contributed by atoms with Gasteiger partial charge in [-0.25, -0.2) is 0 Å². The van der Waals surface area contributed by atoms with Gasteiger partial charge in [-0.05, 0) is 12.1 Å². The molecule has 0 saturated carbocycles. The van der Waals surface area contributed by atoms with Crippen molar-refractivity contribution in [2.75, 3.05) is 6.61 Å². The Labute approximate surface area is 131 Å². The molecule has 0 radical (unpaired) electrons. The highest BCUT2D eigenvalue weighted by Crippen LogP contribution is 2.34. The SMILES string of the molecule is OCC1OC(Oc2ccc(O)c3ccccc23)C(O)C(O)C1O. The maximum absolute atomic E-state index is 10.0. The van der Waals surface area contributed by atoms with Crippen molar-refractivity contribution in [1.82, 2.24) is 0 Å². The number of aliphatic hydroxyl groups is 4. The van der Waals surface area contributed by atoms with Crippen molar-refractivity contribution in [3.8, 4) is 11.5 Å². The van der Waals surface area contributed by atoms with E-state index in [-0.39, 0.29) is 5.75 Å². The molecule has 1 aliphatic heterocycles. The predicted molar refractivity (Wildman–Crippen MR) is 80.0 cm³/mol. The molecule has 5 unspecified atom stereocenters. The van der Waals surface area contributed by atoms with Crippen LogP contribution < -0.4 is 4.74 Å². The van der Waals surface area contributed by atoms with Gasteiger partial charge in [-0.1, -0.05) is 24.3 Å². The fraction of sp³-hybridized carbons (Fsp3) is 0.375. The highest BCUT2D eigenvalue weighted by Gasteiger charge is 2.44. The average Bonchev–Trinajstić information content (AvgIpc) is 2.58. The topological polar surface area (TPSA) is 120 Å². The third-order valence-electron chi connectivity index (χ3n) is 3.95. The third-order valence-corrected chi connectivity index (χ3v) is 3.95. The zero-order chi connectivity index (χ0) is 16.6. The number of ether oxygens (including phenoxy) is 2. The molecule has 0 amide bonds. The molecule has 1 aliphatic rings. The van der Waals surface area contributed by atoms with Crippen LogP contribution in [0.3, 0.4) is 0 Å². The lowest BCUT2D eigenvalue weighted by Crippen LogP contribution is -2.60. The molecular formula is C16H18O7. The summed E-state index contributed by atoms with van der Waals surface area (Å²) >= 11 is 0. The van der Waals surface area contributed by atoms with Gasteiger partial charge < -0.3 is 35.0 Å². The van der Waals surface area contributed by atoms with Gasteiger partial charge in [0.2, 0.25) is 6.29 Å². The van der Waals surface area contributed by atoms with Crippen molar-refractivity contribution in [3.63, 3.8) is 0 Å². The van der Waals surface area contributed by atoms with Crippen molar-refractivity contribution in [2.45, 2.75) is 30.7 Å². The molecule has 124 valence electrons. The van der Waals surface area contributed by atoms with E-state index in [0.717, 1.165) is 0 Å². The van der Waals surface area contributed by atoms with E-state index in [0.29, 0.717) is 16.5 Å². The number of fused-ring (bicyclic) bond motifs is 1. The predicted octanol–water partition coefficient (Wildman–Crippen LogP) is -0.276. The summed E-state index contributed by atoms with van der Waals surface area (Å²) in [5, 5.41) is 49.8. The fourth-order valence-electron chi connectivity index (χ4n) is 2.65. The Hall–Kier alpha value is -1.90. The Bertz CT molecular complexity index is 687. The lowest BCUT2D eigenvalue weighted by molar-refractivity contribution is -0.277. The summed E-state index contributed by atoms with van der Waals surface area (Å²) in [4.78, 5) is 0. The number of phenolic OH excluding ortho intramolecular Hbond substituents is 1. The van der Waals surface area contributed by atoms with Gasteiger partial charge in [-0.3, -0.25) is 0 Å². The molecular weight excluding hydrogens is 304 g/mol. The van der Waals surface area contributed by atoms with Crippen LogP contribution in [0.5, 0.6) is 11.5 Å². The minimum atomic E-state index is -1.51. The molecule has 5 N–H and O–H groups in total. The van der Waals surface area contributed by atoms with Crippen LogP contribution in [0.15, 0.2) is 36.4 Å². The standard InChI is InChI=1S/C16H18O7/c17-7-12-13(19)14(20)15(21)16(23-12)22-11-6-5-10(18)8-3-1-2-4-9(8)11/h1-6,12-21H,7H2. The van der Waals surface area contributed by atoms with Crippen LogP contribution in [0.1, 0.15) is 0 Å². The maximum atomic E-state index is 10.0. The van der Waals surface area contributed by atoms with Crippen molar-refractivity contribution in [1.29, 1.82) is 0 Å². The Balaban J connectivity index is 1.91. The molecule has 1 fully saturated rings. The van der Waals surface area contributed by atoms with E-state index in [9.17, 15) is 25.5 Å². The lowest BCUT2D eigenvalue weighted by atomic mass is 9.99. The number of rotatable bonds is 3. The second kappa shape index (κ2) is 6.31. The smallest absolute Gasteiger partial charge is 0.229 e. The van der Waals surface area contributed by atoms with Gasteiger partial charge in [0.1, 0.15) is 35.9 Å². The minimum Gasteiger partial charge on any atom is -0.507 e. The van der Waals surface area contributed by atoms with Crippen LogP contribution in [-0.4, -0.2) is 62.8 Å². The first-order valence-electron chi connectivity index (χ1n) is 7.21. The molecule has 2 aromatic carbocycles. The van der Waals surface area contributed by atoms with E-state index in [2.05, 4.69) is 0 Å². The van der Waals surface area contributed by atoms with Crippen LogP contribution in [0.2, 0.25) is 0 Å². The summed E-state index contributed by atoms with van der Waals surface area (Å²) in [5.74, 6) is 0.421. The van der Waals surface area contributed by atoms with Gasteiger partial charge in [0.25, 0.3) is 0 Å². The van der Waals surface area contributed by atoms with E-state index < -0.39 is 37.3 Å². The molecule has 0 bridgehead atoms. The molecule has 7 heteroatoms. The lowest BCUT2D eigenvalue weighted by Gasteiger charge is -2.39. The summed E-state index contributed by atoms with van der Waals surface area (Å²) < 4.78 is 10.9. The summed E-state index contributed by atoms with van der Waals surface area (Å²) in [6, 6.07) is 9.93. The van der Waals surface area contributed by atoms with Gasteiger partial charge in [0.05, 0.1) is 6.61 Å². The molecule has 0 spiro atoms. The van der Waals surface area contributed by atoms with Crippen molar-refractivity contribution < 1.29 is 35.0 Å². The average molecular weight is 322 g/mol. The number of aromatic hydroxyl groups is 1. The number of phenols is 1. The molecule has 0 aliphatic carbocycles. The molecule has 23 heavy (non-hydrogen) atoms. The highest BCUT2D eigenvalue weighted by atomic mass is 16.7. The number of hydrogen-bond acceptors (Lipinski definition) is 7. The van der Waals surface area contributed by atoms with Gasteiger partial charge in [-0.2, -0.15) is 0 Å². The van der Waals surface area contributed by atoms with Gasteiger partial charge in [0, 0.05) is 10.8 Å². The first-order valence-corrected chi connectivity index (χ1v) is 7.21. The minimum absolute atomic E-state index is 0.0850. The second-order valence-electron chi connectivity index (χ2n) is 5.44. The van der Waals surface area contributed by atoms with Gasteiger partial charge in [-0.15, -0.1) is 0 Å². The molecule has 1 saturated heterocycles. The van der Waals surface area contributed by atoms with Crippen molar-refractivity contribution >= 4 is 10.8 Å². The molecule has 3 rings (SSSR count). The monoisotopic (exact) mass is 322 g/mol. The van der Waals surface area contributed by atoms with Gasteiger partial charge >= 0.3 is 0 Å². The highest BCUT2D eigenvalue weighted by molar-refractivity contribution is 5.92. The molecule has 2 aromatic rings. The van der Waals surface area contributed by atoms with Gasteiger partial charge in [0.15, 0.2) is 0 Å². The third kappa shape index (κ3) is 2.85. The normalized spacial score (nSPS) is 31.2. The number of benzene rings is 2. The maximum Gasteiger partial charge on any atom is 0.229 e. The molecule has 0 aromatic heterocycles. The van der Waals surface area contributed by atoms with E-state index in [1.165, 1.54) is 12.1 Å². The van der Waals surface area contributed by atoms with Crippen molar-refractivity contribution in [3.05, 3.63) is 36.4 Å². The first-order chi connectivity index (χ1) is 11.0. The van der Waals surface area contributed by atoms with Crippen LogP contribution in [0.25, 0.3) is 10.8 Å². The van der Waals surface area contributed by atoms with E-state index >= 15 is 0 Å². The summed E-state index contributed by atoms with van der Waals surface area (Å²) in [6.45, 7) is -0.527. The quantitative estimate of drug-likeness (QED) is 0.527. The Morgan fingerprint density at radius 2 is 1.61 bits per heavy atom. The Kier molecular flexibility index (Phi) is 4.38. The molecule has 1 heterocycles.